The molecule has 122 valence electrons. The molecule has 1 amide bonds. The number of carbonyl (C=O) groups is 1. The first kappa shape index (κ1) is 16.8. The van der Waals surface area contributed by atoms with Gasteiger partial charge < -0.3 is 10.4 Å². The number of carbonyl (C=O) groups excluding carboxylic acids is 1. The van der Waals surface area contributed by atoms with Crippen LogP contribution in [0.3, 0.4) is 0 Å². The highest BCUT2D eigenvalue weighted by atomic mass is 19.4. The van der Waals surface area contributed by atoms with Gasteiger partial charge in [-0.2, -0.15) is 13.2 Å². The van der Waals surface area contributed by atoms with Gasteiger partial charge in [0.2, 0.25) is 5.91 Å². The molecule has 2 unspecified atom stereocenters. The highest BCUT2D eigenvalue weighted by molar-refractivity contribution is 5.91. The van der Waals surface area contributed by atoms with E-state index >= 15 is 0 Å². The van der Waals surface area contributed by atoms with E-state index in [2.05, 4.69) is 5.32 Å². The summed E-state index contributed by atoms with van der Waals surface area (Å²) in [4.78, 5) is 12.4. The second-order valence-electron chi connectivity index (χ2n) is 6.08. The predicted octanol–water partition coefficient (Wildman–Crippen LogP) is 2.87. The van der Waals surface area contributed by atoms with Crippen molar-refractivity contribution < 1.29 is 23.1 Å². The summed E-state index contributed by atoms with van der Waals surface area (Å²) in [6, 6.07) is 4.74. The number of amides is 1. The summed E-state index contributed by atoms with van der Waals surface area (Å²) in [6.07, 6.45) is -3.33. The average molecular weight is 315 g/mol. The van der Waals surface area contributed by atoms with Crippen LogP contribution in [0, 0.1) is 5.92 Å². The van der Waals surface area contributed by atoms with Crippen LogP contribution in [0.25, 0.3) is 0 Å². The van der Waals surface area contributed by atoms with Gasteiger partial charge in [-0.1, -0.05) is 25.1 Å². The lowest BCUT2D eigenvalue weighted by Gasteiger charge is -2.23. The van der Waals surface area contributed by atoms with E-state index in [4.69, 9.17) is 5.11 Å². The molecule has 3 nitrogen and oxygen atoms in total. The molecule has 2 rings (SSSR count). The Bertz CT molecular complexity index is 553. The molecule has 1 fully saturated rings. The Morgan fingerprint density at radius 1 is 1.36 bits per heavy atom. The smallest absolute Gasteiger partial charge is 0.396 e. The quantitative estimate of drug-likeness (QED) is 0.878. The second-order valence-corrected chi connectivity index (χ2v) is 6.08. The molecule has 6 heteroatoms. The topological polar surface area (TPSA) is 49.3 Å². The molecule has 1 aliphatic rings. The maximum absolute atomic E-state index is 12.8. The Kier molecular flexibility index (Phi) is 4.52. The Morgan fingerprint density at radius 3 is 2.50 bits per heavy atom. The van der Waals surface area contributed by atoms with Crippen molar-refractivity contribution in [3.05, 3.63) is 35.4 Å². The molecule has 0 bridgehead atoms. The third-order valence-corrected chi connectivity index (χ3v) is 4.43. The number of rotatable bonds is 5. The Hall–Kier alpha value is -1.56. The van der Waals surface area contributed by atoms with Crippen molar-refractivity contribution in [1.29, 1.82) is 0 Å². The highest BCUT2D eigenvalue weighted by Crippen LogP contribution is 2.49. The third-order valence-electron chi connectivity index (χ3n) is 4.43. The first-order chi connectivity index (χ1) is 10.2. The van der Waals surface area contributed by atoms with Crippen molar-refractivity contribution >= 4 is 5.91 Å². The van der Waals surface area contributed by atoms with Gasteiger partial charge in [0.05, 0.1) is 11.0 Å². The van der Waals surface area contributed by atoms with E-state index in [9.17, 15) is 18.0 Å². The zero-order valence-electron chi connectivity index (χ0n) is 12.6. The maximum atomic E-state index is 12.8. The van der Waals surface area contributed by atoms with Crippen molar-refractivity contribution in [2.45, 2.75) is 44.3 Å². The first-order valence-electron chi connectivity index (χ1n) is 7.30. The van der Waals surface area contributed by atoms with Crippen LogP contribution in [0.4, 0.5) is 13.2 Å². The van der Waals surface area contributed by atoms with Crippen LogP contribution in [0.15, 0.2) is 24.3 Å². The largest absolute Gasteiger partial charge is 0.416 e. The van der Waals surface area contributed by atoms with E-state index < -0.39 is 17.2 Å². The lowest BCUT2D eigenvalue weighted by molar-refractivity contribution is -0.137. The molecular formula is C16H20F3NO2. The molecule has 0 radical (unpaired) electrons. The molecule has 0 saturated heterocycles. The fraction of sp³-hybridized carbons (Fsp3) is 0.562. The normalized spacial score (nSPS) is 19.4. The van der Waals surface area contributed by atoms with Crippen molar-refractivity contribution in [2.75, 3.05) is 6.61 Å². The summed E-state index contributed by atoms with van der Waals surface area (Å²) in [6.45, 7) is 3.52. The van der Waals surface area contributed by atoms with Gasteiger partial charge in [0.1, 0.15) is 0 Å². The van der Waals surface area contributed by atoms with E-state index in [1.165, 1.54) is 6.07 Å². The summed E-state index contributed by atoms with van der Waals surface area (Å²) >= 11 is 0. The number of hydrogen-bond donors (Lipinski definition) is 2. The van der Waals surface area contributed by atoms with Crippen LogP contribution in [-0.2, 0) is 16.4 Å². The van der Waals surface area contributed by atoms with Gasteiger partial charge in [0.15, 0.2) is 0 Å². The number of benzene rings is 1. The first-order valence-corrected chi connectivity index (χ1v) is 7.30. The number of aliphatic hydroxyl groups is 1. The minimum absolute atomic E-state index is 0.0575. The van der Waals surface area contributed by atoms with Crippen LogP contribution in [0.1, 0.15) is 37.8 Å². The van der Waals surface area contributed by atoms with Gasteiger partial charge in [-0.25, -0.2) is 0 Å². The number of alkyl halides is 3. The van der Waals surface area contributed by atoms with Gasteiger partial charge in [-0.15, -0.1) is 0 Å². The standard InChI is InChI=1S/C16H20F3NO2/c1-10(9-21)11(2)20-14(22)15(6-7-15)12-4-3-5-13(8-12)16(17,18)19/h3-5,8,10-11,21H,6-7,9H2,1-2H3,(H,20,22). The molecular weight excluding hydrogens is 295 g/mol. The van der Waals surface area contributed by atoms with Gasteiger partial charge >= 0.3 is 6.18 Å². The van der Waals surface area contributed by atoms with Crippen LogP contribution < -0.4 is 5.32 Å². The van der Waals surface area contributed by atoms with Crippen molar-refractivity contribution in [2.24, 2.45) is 5.92 Å². The van der Waals surface area contributed by atoms with Crippen molar-refractivity contribution in [3.63, 3.8) is 0 Å². The maximum Gasteiger partial charge on any atom is 0.416 e. The fourth-order valence-corrected chi connectivity index (χ4v) is 2.41. The van der Waals surface area contributed by atoms with Crippen LogP contribution in [0.5, 0.6) is 0 Å². The Morgan fingerprint density at radius 2 is 2.00 bits per heavy atom. The van der Waals surface area contributed by atoms with E-state index in [1.807, 2.05) is 0 Å². The van der Waals surface area contributed by atoms with Crippen molar-refractivity contribution in [1.82, 2.24) is 5.32 Å². The summed E-state index contributed by atoms with van der Waals surface area (Å²) in [5.74, 6) is -0.374. The van der Waals surface area contributed by atoms with E-state index in [1.54, 1.807) is 19.9 Å². The minimum atomic E-state index is -4.42. The molecule has 1 aromatic rings. The molecule has 1 saturated carbocycles. The van der Waals surface area contributed by atoms with Crippen molar-refractivity contribution in [3.8, 4) is 0 Å². The summed E-state index contributed by atoms with van der Waals surface area (Å²) in [5, 5.41) is 11.9. The molecule has 0 aliphatic heterocycles. The number of aliphatic hydroxyl groups excluding tert-OH is 1. The van der Waals surface area contributed by atoms with E-state index in [-0.39, 0.29) is 24.5 Å². The van der Waals surface area contributed by atoms with Crippen LogP contribution in [0.2, 0.25) is 0 Å². The zero-order chi connectivity index (χ0) is 16.5. The van der Waals surface area contributed by atoms with Gasteiger partial charge in [-0.05, 0) is 37.3 Å². The zero-order valence-corrected chi connectivity index (χ0v) is 12.6. The molecule has 1 aliphatic carbocycles. The minimum Gasteiger partial charge on any atom is -0.396 e. The molecule has 1 aromatic carbocycles. The highest BCUT2D eigenvalue weighted by Gasteiger charge is 2.52. The number of hydrogen-bond acceptors (Lipinski definition) is 2. The van der Waals surface area contributed by atoms with E-state index in [0.29, 0.717) is 18.4 Å². The number of nitrogens with one attached hydrogen (secondary N) is 1. The SMILES string of the molecule is CC(CO)C(C)NC(=O)C1(c2cccc(C(F)(F)F)c2)CC1. The van der Waals surface area contributed by atoms with Crippen LogP contribution in [-0.4, -0.2) is 23.7 Å². The fourth-order valence-electron chi connectivity index (χ4n) is 2.41. The summed E-state index contributed by atoms with van der Waals surface area (Å²) < 4.78 is 38.4. The van der Waals surface area contributed by atoms with Gasteiger partial charge in [0, 0.05) is 12.6 Å². The van der Waals surface area contributed by atoms with E-state index in [0.717, 1.165) is 12.1 Å². The Balaban J connectivity index is 2.19. The number of halogens is 3. The molecule has 0 spiro atoms. The molecule has 2 N–H and O–H groups in total. The van der Waals surface area contributed by atoms with Gasteiger partial charge in [0.25, 0.3) is 0 Å². The van der Waals surface area contributed by atoms with Crippen LogP contribution >= 0.6 is 0 Å². The molecule has 0 aromatic heterocycles. The lowest BCUT2D eigenvalue weighted by Crippen LogP contribution is -2.43. The molecule has 2 atom stereocenters. The second kappa shape index (κ2) is 5.91. The summed E-state index contributed by atoms with van der Waals surface area (Å²) in [7, 11) is 0. The molecule has 0 heterocycles. The third kappa shape index (κ3) is 3.27. The average Bonchev–Trinajstić information content (AvgIpc) is 3.27. The summed E-state index contributed by atoms with van der Waals surface area (Å²) in [5.41, 5.74) is -1.19. The lowest BCUT2D eigenvalue weighted by atomic mass is 9.92. The Labute approximate surface area is 127 Å². The predicted molar refractivity (Wildman–Crippen MR) is 76.2 cm³/mol. The molecule has 22 heavy (non-hydrogen) atoms. The monoisotopic (exact) mass is 315 g/mol. The van der Waals surface area contributed by atoms with Gasteiger partial charge in [-0.3, -0.25) is 4.79 Å².